The van der Waals surface area contributed by atoms with E-state index in [1.54, 1.807) is 18.2 Å². The zero-order valence-electron chi connectivity index (χ0n) is 18.9. The van der Waals surface area contributed by atoms with Crippen LogP contribution in [0.15, 0.2) is 44.2 Å². The van der Waals surface area contributed by atoms with E-state index in [9.17, 15) is 13.5 Å². The molecule has 1 fully saturated rings. The Labute approximate surface area is 218 Å². The Bertz CT molecular complexity index is 1090. The van der Waals surface area contributed by atoms with Crippen LogP contribution in [0.4, 0.5) is 0 Å². The summed E-state index contributed by atoms with van der Waals surface area (Å²) in [6.07, 6.45) is -0.691. The number of hydrogen-bond donors (Lipinski definition) is 1. The number of benzene rings is 2. The van der Waals surface area contributed by atoms with E-state index in [0.717, 1.165) is 16.9 Å². The summed E-state index contributed by atoms with van der Waals surface area (Å²) < 4.78 is 34.8. The molecular weight excluding hydrogens is 596 g/mol. The van der Waals surface area contributed by atoms with Gasteiger partial charge < -0.3 is 9.84 Å². The normalized spacial score (nSPS) is 16.8. The SMILES string of the molecule is Cc1cc(OC[C@H](O)CN2CCN(S(=O)(=O)c3cc(Br)ccc3Br)CC2)c(C(C)C)cc1Cl. The Hall–Kier alpha value is -0.680. The fourth-order valence-electron chi connectivity index (χ4n) is 3.75. The number of nitrogens with zero attached hydrogens (tertiary/aromatic N) is 2. The second-order valence-electron chi connectivity index (χ2n) is 8.54. The van der Waals surface area contributed by atoms with Crippen LogP contribution in [0.1, 0.15) is 30.9 Å². The molecule has 0 bridgehead atoms. The predicted octanol–water partition coefficient (Wildman–Crippen LogP) is 5.04. The highest BCUT2D eigenvalue weighted by atomic mass is 79.9. The molecule has 1 aliphatic rings. The van der Waals surface area contributed by atoms with Gasteiger partial charge in [0.2, 0.25) is 10.0 Å². The molecule has 3 rings (SSSR count). The predicted molar refractivity (Wildman–Crippen MR) is 139 cm³/mol. The minimum atomic E-state index is -3.60. The number of aryl methyl sites for hydroxylation is 1. The van der Waals surface area contributed by atoms with E-state index in [2.05, 4.69) is 50.6 Å². The number of β-amino-alcohol motifs (C(OH)–C–C–N with tert-alkyl or cyclic N) is 1. The Morgan fingerprint density at radius 1 is 1.12 bits per heavy atom. The number of piperazine rings is 1. The Kier molecular flexibility index (Phi) is 9.27. The van der Waals surface area contributed by atoms with Crippen LogP contribution < -0.4 is 4.74 Å². The molecule has 0 radical (unpaired) electrons. The van der Waals surface area contributed by atoms with E-state index in [-0.39, 0.29) is 17.4 Å². The Morgan fingerprint density at radius 2 is 1.79 bits per heavy atom. The second kappa shape index (κ2) is 11.4. The van der Waals surface area contributed by atoms with Crippen LogP contribution in [0, 0.1) is 6.92 Å². The number of aliphatic hydroxyl groups is 1. The minimum Gasteiger partial charge on any atom is -0.491 e. The highest BCUT2D eigenvalue weighted by Crippen LogP contribution is 2.32. The maximum Gasteiger partial charge on any atom is 0.244 e. The maximum absolute atomic E-state index is 13.1. The van der Waals surface area contributed by atoms with Crippen LogP contribution in [0.25, 0.3) is 0 Å². The molecule has 0 amide bonds. The van der Waals surface area contributed by atoms with Gasteiger partial charge in [-0.3, -0.25) is 4.90 Å². The number of aliphatic hydroxyl groups excluding tert-OH is 1. The molecule has 1 N–H and O–H groups in total. The van der Waals surface area contributed by atoms with Gasteiger partial charge in [0.25, 0.3) is 0 Å². The van der Waals surface area contributed by atoms with Crippen molar-refractivity contribution in [2.45, 2.75) is 37.7 Å². The summed E-state index contributed by atoms with van der Waals surface area (Å²) in [4.78, 5) is 2.31. The van der Waals surface area contributed by atoms with Gasteiger partial charge in [-0.1, -0.05) is 41.4 Å². The van der Waals surface area contributed by atoms with Crippen LogP contribution in [0.2, 0.25) is 5.02 Å². The van der Waals surface area contributed by atoms with Crippen molar-refractivity contribution in [3.63, 3.8) is 0 Å². The fourth-order valence-corrected chi connectivity index (χ4v) is 6.81. The molecular formula is C23H29Br2ClN2O4S. The van der Waals surface area contributed by atoms with Crippen molar-refractivity contribution in [3.8, 4) is 5.75 Å². The molecule has 0 spiro atoms. The summed E-state index contributed by atoms with van der Waals surface area (Å²) in [6, 6.07) is 8.95. The van der Waals surface area contributed by atoms with Crippen LogP contribution in [-0.4, -0.2) is 68.2 Å². The van der Waals surface area contributed by atoms with Gasteiger partial charge >= 0.3 is 0 Å². The second-order valence-corrected chi connectivity index (χ2v) is 12.6. The number of hydrogen-bond acceptors (Lipinski definition) is 5. The number of ether oxygens (including phenoxy) is 1. The van der Waals surface area contributed by atoms with Crippen molar-refractivity contribution in [1.29, 1.82) is 0 Å². The smallest absolute Gasteiger partial charge is 0.244 e. The van der Waals surface area contributed by atoms with Gasteiger partial charge in [-0.25, -0.2) is 8.42 Å². The van der Waals surface area contributed by atoms with Crippen LogP contribution >= 0.6 is 43.5 Å². The van der Waals surface area contributed by atoms with Gasteiger partial charge in [-0.2, -0.15) is 4.31 Å². The van der Waals surface area contributed by atoms with Crippen molar-refractivity contribution < 1.29 is 18.3 Å². The van der Waals surface area contributed by atoms with E-state index in [4.69, 9.17) is 16.3 Å². The largest absolute Gasteiger partial charge is 0.491 e. The highest BCUT2D eigenvalue weighted by Gasteiger charge is 2.30. The Balaban J connectivity index is 1.55. The molecule has 10 heteroatoms. The fraction of sp³-hybridized carbons (Fsp3) is 0.478. The molecule has 1 aliphatic heterocycles. The van der Waals surface area contributed by atoms with Gasteiger partial charge in [0.1, 0.15) is 18.5 Å². The third-order valence-corrected chi connectivity index (χ3v) is 9.45. The van der Waals surface area contributed by atoms with Gasteiger partial charge in [0.15, 0.2) is 0 Å². The summed E-state index contributed by atoms with van der Waals surface area (Å²) in [5.41, 5.74) is 1.94. The molecule has 1 heterocycles. The van der Waals surface area contributed by atoms with E-state index in [1.165, 1.54) is 4.31 Å². The molecule has 182 valence electrons. The first-order valence-corrected chi connectivity index (χ1v) is 14.2. The molecule has 6 nitrogen and oxygen atoms in total. The molecule has 0 aromatic heterocycles. The summed E-state index contributed by atoms with van der Waals surface area (Å²) in [7, 11) is -3.60. The van der Waals surface area contributed by atoms with Crippen molar-refractivity contribution in [3.05, 3.63) is 55.4 Å². The molecule has 33 heavy (non-hydrogen) atoms. The summed E-state index contributed by atoms with van der Waals surface area (Å²) in [5, 5.41) is 11.3. The first-order valence-electron chi connectivity index (χ1n) is 10.8. The summed E-state index contributed by atoms with van der Waals surface area (Å²) in [6.45, 7) is 8.46. The lowest BCUT2D eigenvalue weighted by Crippen LogP contribution is -2.50. The van der Waals surface area contributed by atoms with E-state index >= 15 is 0 Å². The lowest BCUT2D eigenvalue weighted by molar-refractivity contribution is 0.0565. The van der Waals surface area contributed by atoms with Crippen molar-refractivity contribution in [2.24, 2.45) is 0 Å². The van der Waals surface area contributed by atoms with Crippen molar-refractivity contribution in [1.82, 2.24) is 9.21 Å². The van der Waals surface area contributed by atoms with E-state index in [0.29, 0.717) is 46.7 Å². The topological polar surface area (TPSA) is 70.1 Å². The first-order chi connectivity index (χ1) is 15.5. The molecule has 0 aliphatic carbocycles. The quantitative estimate of drug-likeness (QED) is 0.446. The van der Waals surface area contributed by atoms with Gasteiger partial charge in [0, 0.05) is 46.7 Å². The third kappa shape index (κ3) is 6.72. The van der Waals surface area contributed by atoms with E-state index in [1.807, 2.05) is 19.1 Å². The zero-order valence-corrected chi connectivity index (χ0v) is 23.6. The molecule has 2 aromatic carbocycles. The van der Waals surface area contributed by atoms with Gasteiger partial charge in [-0.15, -0.1) is 0 Å². The summed E-state index contributed by atoms with van der Waals surface area (Å²) >= 11 is 12.9. The number of rotatable bonds is 8. The summed E-state index contributed by atoms with van der Waals surface area (Å²) in [5.74, 6) is 0.983. The first kappa shape index (κ1) is 26.9. The minimum absolute atomic E-state index is 0.157. The van der Waals surface area contributed by atoms with Crippen LogP contribution in [0.5, 0.6) is 5.75 Å². The highest BCUT2D eigenvalue weighted by molar-refractivity contribution is 9.11. The van der Waals surface area contributed by atoms with Crippen LogP contribution in [-0.2, 0) is 10.0 Å². The Morgan fingerprint density at radius 3 is 2.42 bits per heavy atom. The average Bonchev–Trinajstić information content (AvgIpc) is 2.76. The molecule has 1 saturated heterocycles. The maximum atomic E-state index is 13.1. The lowest BCUT2D eigenvalue weighted by atomic mass is 10.0. The van der Waals surface area contributed by atoms with Gasteiger partial charge in [-0.05, 0) is 70.2 Å². The number of halogens is 3. The molecule has 1 atom stereocenters. The van der Waals surface area contributed by atoms with Crippen molar-refractivity contribution >= 4 is 53.5 Å². The number of sulfonamides is 1. The third-order valence-electron chi connectivity index (χ3n) is 5.66. The van der Waals surface area contributed by atoms with Crippen molar-refractivity contribution in [2.75, 3.05) is 39.3 Å². The monoisotopic (exact) mass is 622 g/mol. The molecule has 2 aromatic rings. The zero-order chi connectivity index (χ0) is 24.3. The average molecular weight is 625 g/mol. The van der Waals surface area contributed by atoms with E-state index < -0.39 is 16.1 Å². The molecule has 0 unspecified atom stereocenters. The standard InChI is InChI=1S/C23H29Br2ClN2O4S/c1-15(2)19-12-21(26)16(3)10-22(19)32-14-18(29)13-27-6-8-28(9-7-27)33(30,31)23-11-17(24)4-5-20(23)25/h4-5,10-12,15,18,29H,6-9,13-14H2,1-3H3/t18-/m1/s1. The van der Waals surface area contributed by atoms with Crippen LogP contribution in [0.3, 0.4) is 0 Å². The molecule has 0 saturated carbocycles. The van der Waals surface area contributed by atoms with Gasteiger partial charge in [0.05, 0.1) is 4.90 Å². The lowest BCUT2D eigenvalue weighted by Gasteiger charge is -2.35.